The van der Waals surface area contributed by atoms with Gasteiger partial charge in [0.2, 0.25) is 5.76 Å². The number of Topliss-reactive ketones (excluding diaryl/α,β-unsaturated/α-hetero) is 1. The first-order valence-corrected chi connectivity index (χ1v) is 4.40. The molecule has 0 aliphatic carbocycles. The molecule has 0 aliphatic rings. The third kappa shape index (κ3) is 1.48. The zero-order chi connectivity index (χ0) is 11.0. The Kier molecular flexibility index (Phi) is 2.19. The van der Waals surface area contributed by atoms with E-state index in [1.54, 1.807) is 0 Å². The Morgan fingerprint density at radius 3 is 2.80 bits per heavy atom. The lowest BCUT2D eigenvalue weighted by atomic mass is 10.2. The lowest BCUT2D eigenvalue weighted by molar-refractivity contribution is 0.0985. The molecule has 15 heavy (non-hydrogen) atoms. The van der Waals surface area contributed by atoms with Crippen LogP contribution in [0.2, 0.25) is 0 Å². The summed E-state index contributed by atoms with van der Waals surface area (Å²) in [4.78, 5) is 11.2. The molecule has 0 N–H and O–H groups in total. The summed E-state index contributed by atoms with van der Waals surface area (Å²) in [7, 11) is 1.44. The third-order valence-corrected chi connectivity index (χ3v) is 2.13. The van der Waals surface area contributed by atoms with Crippen LogP contribution in [0.3, 0.4) is 0 Å². The van der Waals surface area contributed by atoms with Crippen molar-refractivity contribution in [1.82, 2.24) is 0 Å². The van der Waals surface area contributed by atoms with Gasteiger partial charge < -0.3 is 9.15 Å². The number of carbonyl (C=O) groups is 1. The normalized spacial score (nSPS) is 10.6. The lowest BCUT2D eigenvalue weighted by Gasteiger charge is -1.96. The average molecular weight is 208 g/mol. The molecule has 2 aromatic rings. The molecule has 0 saturated carbocycles. The minimum Gasteiger partial charge on any atom is -0.492 e. The van der Waals surface area contributed by atoms with E-state index >= 15 is 0 Å². The zero-order valence-corrected chi connectivity index (χ0v) is 8.33. The molecule has 0 bridgehead atoms. The lowest BCUT2D eigenvalue weighted by Crippen LogP contribution is -1.92. The van der Waals surface area contributed by atoms with Gasteiger partial charge in [-0.15, -0.1) is 0 Å². The van der Waals surface area contributed by atoms with E-state index in [0.29, 0.717) is 16.7 Å². The highest BCUT2D eigenvalue weighted by Gasteiger charge is 2.18. The Bertz CT molecular complexity index is 528. The van der Waals surface area contributed by atoms with Gasteiger partial charge in [-0.25, -0.2) is 4.39 Å². The largest absolute Gasteiger partial charge is 0.492 e. The van der Waals surface area contributed by atoms with Crippen LogP contribution in [-0.2, 0) is 0 Å². The number of furan rings is 1. The highest BCUT2D eigenvalue weighted by molar-refractivity contribution is 6.01. The van der Waals surface area contributed by atoms with E-state index in [-0.39, 0.29) is 11.5 Å². The third-order valence-electron chi connectivity index (χ3n) is 2.13. The van der Waals surface area contributed by atoms with E-state index in [9.17, 15) is 9.18 Å². The maximum atomic E-state index is 12.9. The molecule has 1 aromatic heterocycles. The van der Waals surface area contributed by atoms with Crippen LogP contribution in [0.15, 0.2) is 22.6 Å². The molecule has 0 spiro atoms. The predicted molar refractivity (Wildman–Crippen MR) is 52.7 cm³/mol. The second-order valence-corrected chi connectivity index (χ2v) is 3.16. The quantitative estimate of drug-likeness (QED) is 0.712. The first kappa shape index (κ1) is 9.71. The van der Waals surface area contributed by atoms with Crippen LogP contribution in [0.4, 0.5) is 4.39 Å². The molecular formula is C11H9FO3. The van der Waals surface area contributed by atoms with E-state index < -0.39 is 5.82 Å². The predicted octanol–water partition coefficient (Wildman–Crippen LogP) is 2.78. The summed E-state index contributed by atoms with van der Waals surface area (Å²) in [5, 5.41) is 0.601. The summed E-state index contributed by atoms with van der Waals surface area (Å²) < 4.78 is 23.2. The first-order chi connectivity index (χ1) is 7.13. The van der Waals surface area contributed by atoms with E-state index in [1.165, 1.54) is 32.2 Å². The average Bonchev–Trinajstić information content (AvgIpc) is 2.55. The highest BCUT2D eigenvalue weighted by atomic mass is 19.1. The van der Waals surface area contributed by atoms with Crippen molar-refractivity contribution in [2.24, 2.45) is 0 Å². The van der Waals surface area contributed by atoms with Crippen LogP contribution >= 0.6 is 0 Å². The van der Waals surface area contributed by atoms with Crippen LogP contribution < -0.4 is 4.74 Å². The van der Waals surface area contributed by atoms with Crippen molar-refractivity contribution in [3.05, 3.63) is 29.8 Å². The minimum absolute atomic E-state index is 0.123. The number of ketones is 1. The van der Waals surface area contributed by atoms with Crippen LogP contribution in [0, 0.1) is 5.82 Å². The van der Waals surface area contributed by atoms with Crippen molar-refractivity contribution >= 4 is 16.8 Å². The van der Waals surface area contributed by atoms with E-state index in [1.807, 2.05) is 0 Å². The van der Waals surface area contributed by atoms with Crippen molar-refractivity contribution in [2.45, 2.75) is 6.92 Å². The number of halogens is 1. The number of methoxy groups -OCH3 is 1. The van der Waals surface area contributed by atoms with Gasteiger partial charge in [-0.3, -0.25) is 4.79 Å². The molecule has 0 fully saturated rings. The standard InChI is InChI=1S/C11H9FO3/c1-6(13)10-11(14-2)8-4-3-7(12)5-9(8)15-10/h3-5H,1-2H3. The Labute approximate surface area is 85.4 Å². The maximum Gasteiger partial charge on any atom is 0.212 e. The van der Waals surface area contributed by atoms with Crippen LogP contribution in [0.25, 0.3) is 11.0 Å². The van der Waals surface area contributed by atoms with Crippen LogP contribution in [-0.4, -0.2) is 12.9 Å². The van der Waals surface area contributed by atoms with Crippen LogP contribution in [0.5, 0.6) is 5.75 Å². The molecule has 78 valence electrons. The van der Waals surface area contributed by atoms with Gasteiger partial charge in [0.25, 0.3) is 0 Å². The maximum absolute atomic E-state index is 12.9. The minimum atomic E-state index is -0.408. The van der Waals surface area contributed by atoms with Gasteiger partial charge in [-0.05, 0) is 12.1 Å². The van der Waals surface area contributed by atoms with Crippen molar-refractivity contribution < 1.29 is 18.3 Å². The molecule has 0 atom stereocenters. The van der Waals surface area contributed by atoms with Crippen LogP contribution in [0.1, 0.15) is 17.5 Å². The number of hydrogen-bond acceptors (Lipinski definition) is 3. The highest BCUT2D eigenvalue weighted by Crippen LogP contribution is 2.33. The van der Waals surface area contributed by atoms with E-state index in [0.717, 1.165) is 0 Å². The number of hydrogen-bond donors (Lipinski definition) is 0. The zero-order valence-electron chi connectivity index (χ0n) is 8.33. The molecule has 0 radical (unpaired) electrons. The number of fused-ring (bicyclic) bond motifs is 1. The number of benzene rings is 1. The Morgan fingerprint density at radius 1 is 1.47 bits per heavy atom. The van der Waals surface area contributed by atoms with Crippen molar-refractivity contribution in [1.29, 1.82) is 0 Å². The summed E-state index contributed by atoms with van der Waals surface area (Å²) in [5.41, 5.74) is 0.317. The van der Waals surface area contributed by atoms with Gasteiger partial charge in [0.05, 0.1) is 12.5 Å². The van der Waals surface area contributed by atoms with Gasteiger partial charge in [0.15, 0.2) is 11.5 Å². The Hall–Kier alpha value is -1.84. The topological polar surface area (TPSA) is 39.4 Å². The molecule has 1 aromatic carbocycles. The summed E-state index contributed by atoms with van der Waals surface area (Å²) >= 11 is 0. The smallest absolute Gasteiger partial charge is 0.212 e. The summed E-state index contributed by atoms with van der Waals surface area (Å²) in [5.74, 6) is -0.173. The number of ether oxygens (including phenoxy) is 1. The Morgan fingerprint density at radius 2 is 2.20 bits per heavy atom. The number of rotatable bonds is 2. The summed E-state index contributed by atoms with van der Waals surface area (Å²) in [6, 6.07) is 4.05. The van der Waals surface area contributed by atoms with Gasteiger partial charge in [0.1, 0.15) is 11.4 Å². The van der Waals surface area contributed by atoms with Gasteiger partial charge in [-0.2, -0.15) is 0 Å². The number of carbonyl (C=O) groups excluding carboxylic acids is 1. The van der Waals surface area contributed by atoms with Crippen molar-refractivity contribution in [3.63, 3.8) is 0 Å². The fraction of sp³-hybridized carbons (Fsp3) is 0.182. The van der Waals surface area contributed by atoms with Gasteiger partial charge in [0, 0.05) is 13.0 Å². The molecule has 0 saturated heterocycles. The molecular weight excluding hydrogens is 199 g/mol. The summed E-state index contributed by atoms with van der Waals surface area (Å²) in [6.45, 7) is 1.37. The van der Waals surface area contributed by atoms with Gasteiger partial charge >= 0.3 is 0 Å². The SMILES string of the molecule is COc1c(C(C)=O)oc2cc(F)ccc12. The fourth-order valence-electron chi connectivity index (χ4n) is 1.48. The second kappa shape index (κ2) is 3.38. The van der Waals surface area contributed by atoms with E-state index in [2.05, 4.69) is 0 Å². The summed E-state index contributed by atoms with van der Waals surface area (Å²) in [6.07, 6.45) is 0. The second-order valence-electron chi connectivity index (χ2n) is 3.16. The van der Waals surface area contributed by atoms with Gasteiger partial charge in [-0.1, -0.05) is 0 Å². The molecule has 2 rings (SSSR count). The Balaban J connectivity index is 2.78. The monoisotopic (exact) mass is 208 g/mol. The molecule has 3 nitrogen and oxygen atoms in total. The molecule has 0 aliphatic heterocycles. The fourth-order valence-corrected chi connectivity index (χ4v) is 1.48. The molecule has 0 amide bonds. The molecule has 1 heterocycles. The first-order valence-electron chi connectivity index (χ1n) is 4.40. The molecule has 4 heteroatoms. The van der Waals surface area contributed by atoms with E-state index in [4.69, 9.17) is 9.15 Å². The van der Waals surface area contributed by atoms with Crippen molar-refractivity contribution in [3.8, 4) is 5.75 Å². The van der Waals surface area contributed by atoms with Crippen molar-refractivity contribution in [2.75, 3.05) is 7.11 Å². The molecule has 0 unspecified atom stereocenters.